The fourth-order valence-corrected chi connectivity index (χ4v) is 12.5. The van der Waals surface area contributed by atoms with Crippen LogP contribution < -0.4 is 53.6 Å². The van der Waals surface area contributed by atoms with Crippen molar-refractivity contribution in [2.24, 2.45) is 21.9 Å². The van der Waals surface area contributed by atoms with Crippen molar-refractivity contribution in [3.63, 3.8) is 0 Å². The third kappa shape index (κ3) is 21.1. The average Bonchev–Trinajstić information content (AvgIpc) is 2.03. The lowest BCUT2D eigenvalue weighted by atomic mass is 9.82. The lowest BCUT2D eigenvalue weighted by molar-refractivity contribution is -0.166. The van der Waals surface area contributed by atoms with Crippen LogP contribution in [0.1, 0.15) is 123 Å². The van der Waals surface area contributed by atoms with E-state index >= 15 is 0 Å². The number of likely N-dealkylation sites (tertiary alicyclic amines) is 1. The molecule has 29 heteroatoms. The molecule has 0 bridgehead atoms. The number of halogens is 3. The molecule has 12 N–H and O–H groups in total. The number of rotatable bonds is 39. The summed E-state index contributed by atoms with van der Waals surface area (Å²) < 4.78 is 57.6. The van der Waals surface area contributed by atoms with Crippen molar-refractivity contribution < 1.29 is 65.7 Å². The van der Waals surface area contributed by atoms with Crippen LogP contribution in [0.15, 0.2) is 58.8 Å². The zero-order chi connectivity index (χ0) is 62.9. The molecule has 7 rings (SSSR count). The van der Waals surface area contributed by atoms with E-state index in [1.165, 1.54) is 0 Å². The van der Waals surface area contributed by atoms with E-state index in [1.807, 2.05) is 11.8 Å². The van der Waals surface area contributed by atoms with Gasteiger partial charge in [-0.2, -0.15) is 24.9 Å². The van der Waals surface area contributed by atoms with Crippen LogP contribution in [0.2, 0.25) is 0 Å². The normalized spacial score (nSPS) is 19.9. The number of carbonyl (C=O) groups excluding carboxylic acids is 8. The Hall–Kier alpha value is -6.95. The first-order chi connectivity index (χ1) is 42.4. The van der Waals surface area contributed by atoms with Gasteiger partial charge in [0.2, 0.25) is 35.4 Å². The van der Waals surface area contributed by atoms with Crippen LogP contribution in [0.3, 0.4) is 0 Å². The summed E-state index contributed by atoms with van der Waals surface area (Å²) in [4.78, 5) is 106. The van der Waals surface area contributed by atoms with E-state index < -0.39 is 54.1 Å². The number of amidine groups is 1. The highest BCUT2D eigenvalue weighted by Gasteiger charge is 2.65. The second-order valence-electron chi connectivity index (χ2n) is 22.6. The van der Waals surface area contributed by atoms with Crippen molar-refractivity contribution in [2.45, 2.75) is 150 Å². The molecule has 4 aliphatic heterocycles. The molecule has 6 atom stereocenters. The Labute approximate surface area is 514 Å². The van der Waals surface area contributed by atoms with Crippen molar-refractivity contribution in [3.05, 3.63) is 70.8 Å². The summed E-state index contributed by atoms with van der Waals surface area (Å²) in [6.07, 6.45) is 4.98. The van der Waals surface area contributed by atoms with E-state index in [2.05, 4.69) is 58.1 Å². The Bertz CT molecular complexity index is 2700. The highest BCUT2D eigenvalue weighted by atomic mass is 32.2. The van der Waals surface area contributed by atoms with Crippen LogP contribution in [0.5, 0.6) is 0 Å². The van der Waals surface area contributed by atoms with Gasteiger partial charge in [-0.15, -0.1) is 10.2 Å². The Morgan fingerprint density at radius 1 is 0.727 bits per heavy atom. The number of hydrogen-bond acceptors (Lipinski definition) is 16. The Morgan fingerprint density at radius 3 is 1.97 bits per heavy atom. The number of urea groups is 1. The number of hydrogen-bond donors (Lipinski definition) is 11. The SMILES string of the molecule is N=C(N)c1ccc(CNC(=O)[C@@H]2CCN2C(=O)[C@H](NCC(=O)NCCCCNC(=O)C[C@H](NC(=O)c2ccc(C3(C(F)(F)F)N=N3)cc2)C(=O)NCCCOCCOCCOCCCNC(=O)CCCC[C@@H]2SC[C@@H]3NC(=O)N[C@@H]32)C2CCCCC2)cc1. The minimum absolute atomic E-state index is 0.00442. The average molecular weight is 1260 g/mol. The van der Waals surface area contributed by atoms with Crippen molar-refractivity contribution in [1.29, 1.82) is 5.41 Å². The molecule has 1 aliphatic carbocycles. The van der Waals surface area contributed by atoms with Gasteiger partial charge in [0.1, 0.15) is 17.9 Å². The van der Waals surface area contributed by atoms with Gasteiger partial charge < -0.3 is 67.4 Å². The van der Waals surface area contributed by atoms with Crippen molar-refractivity contribution in [1.82, 2.24) is 52.8 Å². The Kier molecular flexibility index (Phi) is 27.0. The number of carbonyl (C=O) groups is 8. The van der Waals surface area contributed by atoms with Crippen molar-refractivity contribution in [2.75, 3.05) is 84.7 Å². The number of nitrogen functional groups attached to an aromatic ring is 1. The number of fused-ring (bicyclic) bond motifs is 1. The first-order valence-electron chi connectivity index (χ1n) is 30.6. The zero-order valence-corrected chi connectivity index (χ0v) is 50.4. The third-order valence-corrected chi connectivity index (χ3v) is 17.6. The maximum absolute atomic E-state index is 14.0. The maximum Gasteiger partial charge on any atom is 0.442 e. The number of nitrogens with two attached hydrogens (primary N) is 1. The van der Waals surface area contributed by atoms with E-state index in [0.717, 1.165) is 86.9 Å². The molecule has 484 valence electrons. The number of nitrogens with zero attached hydrogens (tertiary/aromatic N) is 3. The summed E-state index contributed by atoms with van der Waals surface area (Å²) >= 11 is 1.87. The van der Waals surface area contributed by atoms with E-state index in [4.69, 9.17) is 25.4 Å². The number of amides is 9. The molecule has 88 heavy (non-hydrogen) atoms. The van der Waals surface area contributed by atoms with E-state index in [9.17, 15) is 51.5 Å². The first kappa shape index (κ1) is 68.5. The van der Waals surface area contributed by atoms with Crippen LogP contribution in [0.25, 0.3) is 0 Å². The maximum atomic E-state index is 14.0. The quantitative estimate of drug-likeness (QED) is 0.0199. The van der Waals surface area contributed by atoms with Gasteiger partial charge in [0, 0.05) is 86.6 Å². The van der Waals surface area contributed by atoms with E-state index in [0.29, 0.717) is 88.9 Å². The van der Waals surface area contributed by atoms with Gasteiger partial charge in [-0.1, -0.05) is 62.1 Å². The lowest BCUT2D eigenvalue weighted by Crippen LogP contribution is -2.63. The summed E-state index contributed by atoms with van der Waals surface area (Å²) in [5.74, 6) is -1.98. The van der Waals surface area contributed by atoms with Gasteiger partial charge in [-0.3, -0.25) is 44.3 Å². The molecule has 2 aromatic rings. The molecule has 0 aromatic heterocycles. The highest BCUT2D eigenvalue weighted by Crippen LogP contribution is 2.52. The Morgan fingerprint density at radius 2 is 1.34 bits per heavy atom. The molecular weight excluding hydrogens is 1170 g/mol. The Balaban J connectivity index is 0.748. The fraction of sp³-hybridized carbons (Fsp3) is 0.644. The molecule has 9 amide bonds. The van der Waals surface area contributed by atoms with Gasteiger partial charge >= 0.3 is 17.9 Å². The smallest absolute Gasteiger partial charge is 0.384 e. The zero-order valence-electron chi connectivity index (χ0n) is 49.6. The largest absolute Gasteiger partial charge is 0.442 e. The topological polar surface area (TPSA) is 350 Å². The molecule has 3 saturated heterocycles. The van der Waals surface area contributed by atoms with Crippen molar-refractivity contribution in [3.8, 4) is 0 Å². The number of nitrogens with one attached hydrogen (secondary N) is 10. The summed E-state index contributed by atoms with van der Waals surface area (Å²) in [6.45, 7) is 3.63. The van der Waals surface area contributed by atoms with Crippen LogP contribution in [0.4, 0.5) is 18.0 Å². The van der Waals surface area contributed by atoms with Gasteiger partial charge in [0.25, 0.3) is 5.91 Å². The lowest BCUT2D eigenvalue weighted by Gasteiger charge is -2.43. The van der Waals surface area contributed by atoms with E-state index in [-0.39, 0.29) is 111 Å². The molecule has 4 heterocycles. The van der Waals surface area contributed by atoms with Gasteiger partial charge in [0.05, 0.1) is 57.5 Å². The van der Waals surface area contributed by atoms with Crippen LogP contribution in [0, 0.1) is 11.3 Å². The summed E-state index contributed by atoms with van der Waals surface area (Å²) in [6, 6.07) is 9.06. The molecule has 0 radical (unpaired) electrons. The number of ether oxygens (including phenoxy) is 3. The van der Waals surface area contributed by atoms with Gasteiger partial charge in [0.15, 0.2) is 0 Å². The van der Waals surface area contributed by atoms with Crippen LogP contribution in [-0.2, 0) is 55.2 Å². The molecular formula is C59H85F3N14O11S. The monoisotopic (exact) mass is 1250 g/mol. The number of thioether (sulfide) groups is 1. The summed E-state index contributed by atoms with van der Waals surface area (Å²) in [7, 11) is 0. The van der Waals surface area contributed by atoms with Gasteiger partial charge in [-0.05, 0) is 81.4 Å². The molecule has 4 fully saturated rings. The molecule has 2 aromatic carbocycles. The van der Waals surface area contributed by atoms with E-state index in [1.54, 1.807) is 29.2 Å². The number of unbranched alkanes of at least 4 members (excludes halogenated alkanes) is 2. The van der Waals surface area contributed by atoms with Crippen LogP contribution >= 0.6 is 11.8 Å². The second-order valence-corrected chi connectivity index (χ2v) is 23.8. The fourth-order valence-electron chi connectivity index (χ4n) is 10.9. The third-order valence-electron chi connectivity index (χ3n) is 16.1. The standard InChI is InChI=1S/C59H85F3N14O11S/c60-59(61,62)58(74-75-58)42-20-18-41(19-21-42)53(80)71-43(54(81)68-26-9-29-86-31-33-87-32-30-85-28-8-25-65-47(77)13-5-4-12-46-51-44(37-88-46)72-57(84)73-51)34-48(78)66-23-6-7-24-67-49(79)36-69-50(39-10-2-1-3-11-39)56(83)76-27-22-45(76)55(82)70-35-38-14-16-40(17-15-38)52(63)64/h14-21,39,43-46,50-51,69H,1-13,22-37H2,(H3,63,64)(H,65,77)(H,66,78)(H,67,79)(H,68,81)(H,70,82)(H,71,80)(H2,72,73,84)/t43-,44-,45-,46-,50+,51-/m0/s1. The minimum Gasteiger partial charge on any atom is -0.384 e. The summed E-state index contributed by atoms with van der Waals surface area (Å²) in [5, 5.41) is 40.1. The predicted octanol–water partition coefficient (Wildman–Crippen LogP) is 2.90. The molecule has 5 aliphatic rings. The number of alkyl halides is 3. The highest BCUT2D eigenvalue weighted by molar-refractivity contribution is 8.00. The molecule has 1 saturated carbocycles. The minimum atomic E-state index is -4.77. The first-order valence-corrected chi connectivity index (χ1v) is 31.6. The van der Waals surface area contributed by atoms with Gasteiger partial charge in [-0.25, -0.2) is 4.79 Å². The molecule has 0 spiro atoms. The van der Waals surface area contributed by atoms with Crippen molar-refractivity contribution >= 4 is 65.0 Å². The predicted molar refractivity (Wildman–Crippen MR) is 320 cm³/mol. The number of benzene rings is 2. The molecule has 25 nitrogen and oxygen atoms in total. The molecule has 0 unspecified atom stereocenters. The van der Waals surface area contributed by atoms with Crippen LogP contribution in [-0.4, -0.2) is 184 Å². The second kappa shape index (κ2) is 34.7. The summed E-state index contributed by atoms with van der Waals surface area (Å²) in [5.41, 5.74) is 3.91.